The molecule has 156 valence electrons. The quantitative estimate of drug-likeness (QED) is 0.560. The first-order valence-electron chi connectivity index (χ1n) is 10.1. The first-order valence-corrected chi connectivity index (χ1v) is 10.1. The van der Waals surface area contributed by atoms with Crippen molar-refractivity contribution in [1.82, 2.24) is 0 Å². The van der Waals surface area contributed by atoms with Crippen molar-refractivity contribution in [3.05, 3.63) is 78.4 Å². The van der Waals surface area contributed by atoms with Gasteiger partial charge in [0.2, 0.25) is 0 Å². The Morgan fingerprint density at radius 1 is 1.13 bits per heavy atom. The molecule has 2 aromatic rings. The molecule has 1 heterocycles. The zero-order valence-electron chi connectivity index (χ0n) is 16.4. The molecule has 0 unspecified atom stereocenters. The number of aliphatic hydroxyl groups excluding tert-OH is 1. The fraction of sp³-hybridized carbons (Fsp3) is 0.333. The zero-order chi connectivity index (χ0) is 20.9. The normalized spacial score (nSPS) is 26.2. The van der Waals surface area contributed by atoms with Crippen molar-refractivity contribution >= 4 is 11.9 Å². The second-order valence-electron chi connectivity index (χ2n) is 7.60. The topological polar surface area (TPSA) is 82.1 Å². The number of rotatable bonds is 7. The standard InChI is InChI=1S/C24H24O6/c25-17(15-28-18-9-5-2-6-10-18)11-12-19-20-13-23(26)29-22(20)14-21(19)30-24(27)16-7-3-1-4-8-16/h1-12,17,19-22,25H,13-15H2/b12-11+/t17-,19+,20+,21+,22-/m0/s1. The lowest BCUT2D eigenvalue weighted by molar-refractivity contribution is -0.141. The van der Waals surface area contributed by atoms with Crippen LogP contribution in [0.4, 0.5) is 0 Å². The van der Waals surface area contributed by atoms with Gasteiger partial charge in [0.05, 0.1) is 12.0 Å². The second kappa shape index (κ2) is 9.13. The summed E-state index contributed by atoms with van der Waals surface area (Å²) >= 11 is 0. The van der Waals surface area contributed by atoms with Crippen LogP contribution < -0.4 is 4.74 Å². The highest BCUT2D eigenvalue weighted by Gasteiger charge is 2.50. The molecule has 1 N–H and O–H groups in total. The van der Waals surface area contributed by atoms with E-state index in [0.29, 0.717) is 17.7 Å². The molecule has 5 atom stereocenters. The molecule has 0 bridgehead atoms. The molecule has 2 aromatic carbocycles. The second-order valence-corrected chi connectivity index (χ2v) is 7.60. The van der Waals surface area contributed by atoms with Crippen LogP contribution in [0.2, 0.25) is 0 Å². The molecule has 0 aromatic heterocycles. The lowest BCUT2D eigenvalue weighted by Gasteiger charge is -2.20. The van der Waals surface area contributed by atoms with Crippen LogP contribution in [0.1, 0.15) is 23.2 Å². The number of hydrogen-bond acceptors (Lipinski definition) is 6. The number of fused-ring (bicyclic) bond motifs is 1. The van der Waals surface area contributed by atoms with E-state index in [9.17, 15) is 14.7 Å². The first-order chi connectivity index (χ1) is 14.6. The van der Waals surface area contributed by atoms with Crippen LogP contribution in [0, 0.1) is 11.8 Å². The summed E-state index contributed by atoms with van der Waals surface area (Å²) in [6.07, 6.45) is 2.71. The maximum atomic E-state index is 12.5. The van der Waals surface area contributed by atoms with Crippen molar-refractivity contribution in [3.8, 4) is 5.75 Å². The van der Waals surface area contributed by atoms with E-state index in [2.05, 4.69) is 0 Å². The molecule has 6 heteroatoms. The van der Waals surface area contributed by atoms with Gasteiger partial charge in [0.1, 0.15) is 30.7 Å². The van der Waals surface area contributed by atoms with Gasteiger partial charge in [-0.1, -0.05) is 48.6 Å². The summed E-state index contributed by atoms with van der Waals surface area (Å²) in [5.74, 6) is -0.233. The van der Waals surface area contributed by atoms with Crippen molar-refractivity contribution in [2.24, 2.45) is 11.8 Å². The number of para-hydroxylation sites is 1. The van der Waals surface area contributed by atoms with Gasteiger partial charge in [-0.3, -0.25) is 4.79 Å². The molecule has 30 heavy (non-hydrogen) atoms. The molecule has 0 spiro atoms. The Kier molecular flexibility index (Phi) is 6.14. The summed E-state index contributed by atoms with van der Waals surface area (Å²) in [6.45, 7) is 0.102. The number of benzene rings is 2. The fourth-order valence-corrected chi connectivity index (χ4v) is 4.08. The van der Waals surface area contributed by atoms with E-state index >= 15 is 0 Å². The molecule has 1 aliphatic carbocycles. The summed E-state index contributed by atoms with van der Waals surface area (Å²) < 4.78 is 16.7. The van der Waals surface area contributed by atoms with E-state index in [4.69, 9.17) is 14.2 Å². The van der Waals surface area contributed by atoms with Gasteiger partial charge < -0.3 is 19.3 Å². The minimum absolute atomic E-state index is 0.0652. The summed E-state index contributed by atoms with van der Waals surface area (Å²) in [6, 6.07) is 18.0. The van der Waals surface area contributed by atoms with Crippen molar-refractivity contribution in [2.75, 3.05) is 6.61 Å². The van der Waals surface area contributed by atoms with E-state index in [1.54, 1.807) is 30.3 Å². The van der Waals surface area contributed by atoms with Crippen LogP contribution in [0.3, 0.4) is 0 Å². The SMILES string of the molecule is O=C1C[C@@H]2[C@@H](/C=C/[C@H](O)COc3ccccc3)[C@H](OC(=O)c3ccccc3)C[C@@H]2O1. The molecule has 0 amide bonds. The van der Waals surface area contributed by atoms with Crippen molar-refractivity contribution in [2.45, 2.75) is 31.2 Å². The highest BCUT2D eigenvalue weighted by Crippen LogP contribution is 2.43. The lowest BCUT2D eigenvalue weighted by Crippen LogP contribution is -2.25. The Morgan fingerprint density at radius 3 is 2.57 bits per heavy atom. The third-order valence-corrected chi connectivity index (χ3v) is 5.54. The van der Waals surface area contributed by atoms with E-state index in [-0.39, 0.29) is 36.9 Å². The number of hydrogen-bond donors (Lipinski definition) is 1. The van der Waals surface area contributed by atoms with Gasteiger partial charge in [-0.05, 0) is 24.3 Å². The molecule has 4 rings (SSSR count). The van der Waals surface area contributed by atoms with E-state index < -0.39 is 18.2 Å². The predicted molar refractivity (Wildman–Crippen MR) is 109 cm³/mol. The van der Waals surface area contributed by atoms with Crippen LogP contribution in [0.15, 0.2) is 72.8 Å². The van der Waals surface area contributed by atoms with E-state index in [1.807, 2.05) is 42.5 Å². The molecule has 2 aliphatic rings. The summed E-state index contributed by atoms with van der Waals surface area (Å²) in [5.41, 5.74) is 0.477. The van der Waals surface area contributed by atoms with Gasteiger partial charge in [-0.2, -0.15) is 0 Å². The number of aliphatic hydroxyl groups is 1. The predicted octanol–water partition coefficient (Wildman–Crippen LogP) is 3.16. The summed E-state index contributed by atoms with van der Waals surface area (Å²) in [4.78, 5) is 24.2. The minimum Gasteiger partial charge on any atom is -0.491 e. The maximum Gasteiger partial charge on any atom is 0.338 e. The molecular weight excluding hydrogens is 384 g/mol. The Morgan fingerprint density at radius 2 is 1.83 bits per heavy atom. The number of esters is 2. The minimum atomic E-state index is -0.826. The van der Waals surface area contributed by atoms with Gasteiger partial charge in [0.15, 0.2) is 0 Å². The highest BCUT2D eigenvalue weighted by molar-refractivity contribution is 5.89. The van der Waals surface area contributed by atoms with Gasteiger partial charge in [-0.15, -0.1) is 0 Å². The molecule has 2 fully saturated rings. The first kappa shape index (κ1) is 20.2. The Balaban J connectivity index is 1.41. The van der Waals surface area contributed by atoms with Gasteiger partial charge >= 0.3 is 11.9 Å². The lowest BCUT2D eigenvalue weighted by atomic mass is 9.91. The fourth-order valence-electron chi connectivity index (χ4n) is 4.08. The smallest absolute Gasteiger partial charge is 0.338 e. The number of carbonyl (C=O) groups excluding carboxylic acids is 2. The molecular formula is C24H24O6. The maximum absolute atomic E-state index is 12.5. The van der Waals surface area contributed by atoms with Crippen LogP contribution in [-0.2, 0) is 14.3 Å². The van der Waals surface area contributed by atoms with E-state index in [0.717, 1.165) is 0 Å². The number of carbonyl (C=O) groups is 2. The molecule has 6 nitrogen and oxygen atoms in total. The third-order valence-electron chi connectivity index (χ3n) is 5.54. The van der Waals surface area contributed by atoms with Crippen molar-refractivity contribution in [3.63, 3.8) is 0 Å². The highest BCUT2D eigenvalue weighted by atomic mass is 16.6. The third kappa shape index (κ3) is 4.71. The number of ether oxygens (including phenoxy) is 3. The summed E-state index contributed by atoms with van der Waals surface area (Å²) in [7, 11) is 0. The Bertz CT molecular complexity index is 894. The average Bonchev–Trinajstić information content (AvgIpc) is 3.27. The Hall–Kier alpha value is -3.12. The molecule has 1 saturated heterocycles. The van der Waals surface area contributed by atoms with Crippen LogP contribution >= 0.6 is 0 Å². The van der Waals surface area contributed by atoms with Gasteiger partial charge in [-0.25, -0.2) is 4.79 Å². The zero-order valence-corrected chi connectivity index (χ0v) is 16.4. The van der Waals surface area contributed by atoms with Crippen molar-refractivity contribution < 1.29 is 28.9 Å². The molecule has 1 saturated carbocycles. The van der Waals surface area contributed by atoms with Crippen molar-refractivity contribution in [1.29, 1.82) is 0 Å². The van der Waals surface area contributed by atoms with Crippen LogP contribution in [-0.4, -0.2) is 42.0 Å². The Labute approximate surface area is 175 Å². The average molecular weight is 408 g/mol. The largest absolute Gasteiger partial charge is 0.491 e. The monoisotopic (exact) mass is 408 g/mol. The molecule has 1 aliphatic heterocycles. The van der Waals surface area contributed by atoms with Gasteiger partial charge in [0, 0.05) is 18.3 Å². The molecule has 0 radical (unpaired) electrons. The van der Waals surface area contributed by atoms with E-state index in [1.165, 1.54) is 0 Å². The van der Waals surface area contributed by atoms with Crippen LogP contribution in [0.25, 0.3) is 0 Å². The van der Waals surface area contributed by atoms with Gasteiger partial charge in [0.25, 0.3) is 0 Å². The van der Waals surface area contributed by atoms with Crippen LogP contribution in [0.5, 0.6) is 5.75 Å². The summed E-state index contributed by atoms with van der Waals surface area (Å²) in [5, 5.41) is 10.3.